The number of hydrogen-bond acceptors (Lipinski definition) is 6. The van der Waals surface area contributed by atoms with E-state index < -0.39 is 0 Å². The highest BCUT2D eigenvalue weighted by Crippen LogP contribution is 2.27. The molecule has 0 saturated carbocycles. The van der Waals surface area contributed by atoms with Crippen LogP contribution in [-0.2, 0) is 11.3 Å². The molecule has 1 aromatic carbocycles. The van der Waals surface area contributed by atoms with Crippen LogP contribution in [0, 0.1) is 5.92 Å². The molecule has 0 spiro atoms. The molecule has 0 aliphatic heterocycles. The monoisotopic (exact) mass is 368 g/mol. The van der Waals surface area contributed by atoms with Crippen molar-refractivity contribution in [2.45, 2.75) is 30.8 Å². The van der Waals surface area contributed by atoms with E-state index >= 15 is 0 Å². The van der Waals surface area contributed by atoms with Gasteiger partial charge in [0.2, 0.25) is 11.1 Å². The van der Waals surface area contributed by atoms with Crippen molar-refractivity contribution in [2.75, 3.05) is 0 Å². The van der Waals surface area contributed by atoms with Gasteiger partial charge in [-0.15, -0.1) is 5.10 Å². The summed E-state index contributed by atoms with van der Waals surface area (Å²) in [6, 6.07) is 13.4. The van der Waals surface area contributed by atoms with Crippen molar-refractivity contribution in [1.29, 1.82) is 0 Å². The van der Waals surface area contributed by atoms with Crippen molar-refractivity contribution in [3.8, 4) is 5.69 Å². The van der Waals surface area contributed by atoms with Crippen LogP contribution in [0.4, 0.5) is 0 Å². The molecule has 0 fully saturated rings. The summed E-state index contributed by atoms with van der Waals surface area (Å²) >= 11 is 1.37. The predicted molar refractivity (Wildman–Crippen MR) is 99.7 cm³/mol. The van der Waals surface area contributed by atoms with Gasteiger partial charge in [0.15, 0.2) is 0 Å². The summed E-state index contributed by atoms with van der Waals surface area (Å²) in [5.41, 5.74) is 1.82. The zero-order chi connectivity index (χ0) is 18.4. The molecule has 0 bridgehead atoms. The fourth-order valence-electron chi connectivity index (χ4n) is 2.38. The molecule has 7 nitrogen and oxygen atoms in total. The molecule has 3 aromatic rings. The number of benzene rings is 1. The van der Waals surface area contributed by atoms with Crippen LogP contribution in [0.15, 0.2) is 60.0 Å². The van der Waals surface area contributed by atoms with Crippen LogP contribution in [0.25, 0.3) is 5.69 Å². The average Bonchev–Trinajstić information content (AvgIpc) is 3.14. The smallest absolute Gasteiger partial charge is 0.234 e. The molecular weight excluding hydrogens is 348 g/mol. The second kappa shape index (κ2) is 8.57. The van der Waals surface area contributed by atoms with Gasteiger partial charge < -0.3 is 5.32 Å². The van der Waals surface area contributed by atoms with Crippen LogP contribution in [-0.4, -0.2) is 36.3 Å². The quantitative estimate of drug-likeness (QED) is 0.645. The first-order valence-corrected chi connectivity index (χ1v) is 9.20. The van der Waals surface area contributed by atoms with Gasteiger partial charge in [-0.2, -0.15) is 4.68 Å². The van der Waals surface area contributed by atoms with Gasteiger partial charge in [-0.25, -0.2) is 0 Å². The molecule has 26 heavy (non-hydrogen) atoms. The summed E-state index contributed by atoms with van der Waals surface area (Å²) in [5.74, 6) is 0.0753. The van der Waals surface area contributed by atoms with E-state index in [4.69, 9.17) is 0 Å². The molecular formula is C18H20N6OS. The van der Waals surface area contributed by atoms with E-state index in [1.807, 2.05) is 56.3 Å². The second-order valence-electron chi connectivity index (χ2n) is 6.07. The van der Waals surface area contributed by atoms with Crippen molar-refractivity contribution in [1.82, 2.24) is 30.5 Å². The summed E-state index contributed by atoms with van der Waals surface area (Å²) in [6.07, 6.45) is 3.45. The number of amides is 1. The number of thioether (sulfide) groups is 1. The van der Waals surface area contributed by atoms with Gasteiger partial charge in [0.25, 0.3) is 0 Å². The molecule has 0 unspecified atom stereocenters. The van der Waals surface area contributed by atoms with Gasteiger partial charge in [0.05, 0.1) is 10.9 Å². The summed E-state index contributed by atoms with van der Waals surface area (Å²) in [4.78, 5) is 16.8. The van der Waals surface area contributed by atoms with Crippen molar-refractivity contribution in [3.05, 3.63) is 60.4 Å². The number of carbonyl (C=O) groups excluding carboxylic acids is 1. The van der Waals surface area contributed by atoms with Gasteiger partial charge >= 0.3 is 0 Å². The summed E-state index contributed by atoms with van der Waals surface area (Å²) in [6.45, 7) is 4.47. The second-order valence-corrected chi connectivity index (χ2v) is 7.18. The Balaban J connectivity index is 1.71. The van der Waals surface area contributed by atoms with E-state index in [1.54, 1.807) is 17.1 Å². The first kappa shape index (κ1) is 18.1. The Morgan fingerprint density at radius 1 is 1.19 bits per heavy atom. The fraction of sp³-hybridized carbons (Fsp3) is 0.278. The summed E-state index contributed by atoms with van der Waals surface area (Å²) in [7, 11) is 0. The van der Waals surface area contributed by atoms with Crippen LogP contribution >= 0.6 is 11.8 Å². The van der Waals surface area contributed by atoms with E-state index in [2.05, 4.69) is 25.8 Å². The molecule has 0 saturated heterocycles. The Bertz CT molecular complexity index is 837. The number of carbonyl (C=O) groups is 1. The number of para-hydroxylation sites is 1. The molecule has 8 heteroatoms. The average molecular weight is 368 g/mol. The van der Waals surface area contributed by atoms with Gasteiger partial charge in [0, 0.05) is 18.9 Å². The Morgan fingerprint density at radius 3 is 2.69 bits per heavy atom. The lowest BCUT2D eigenvalue weighted by Gasteiger charge is -2.19. The van der Waals surface area contributed by atoms with Crippen LogP contribution < -0.4 is 5.32 Å². The molecule has 2 aromatic heterocycles. The zero-order valence-electron chi connectivity index (χ0n) is 14.6. The van der Waals surface area contributed by atoms with E-state index in [9.17, 15) is 4.79 Å². The Labute approximate surface area is 156 Å². The highest BCUT2D eigenvalue weighted by molar-refractivity contribution is 8.00. The molecule has 1 N–H and O–H groups in total. The number of rotatable bonds is 7. The van der Waals surface area contributed by atoms with Crippen molar-refractivity contribution in [2.24, 2.45) is 5.92 Å². The number of hydrogen-bond donors (Lipinski definition) is 1. The number of nitrogens with zero attached hydrogens (tertiary/aromatic N) is 5. The lowest BCUT2D eigenvalue weighted by molar-refractivity contribution is -0.121. The number of aromatic nitrogens is 5. The molecule has 0 aliphatic rings. The van der Waals surface area contributed by atoms with Gasteiger partial charge in [-0.1, -0.05) is 49.9 Å². The number of pyridine rings is 1. The van der Waals surface area contributed by atoms with E-state index in [-0.39, 0.29) is 17.1 Å². The third-order valence-electron chi connectivity index (χ3n) is 3.73. The minimum Gasteiger partial charge on any atom is -0.351 e. The first-order chi connectivity index (χ1) is 12.6. The Morgan fingerprint density at radius 2 is 2.00 bits per heavy atom. The van der Waals surface area contributed by atoms with Crippen LogP contribution in [0.5, 0.6) is 0 Å². The van der Waals surface area contributed by atoms with Crippen LogP contribution in [0.1, 0.15) is 19.4 Å². The highest BCUT2D eigenvalue weighted by atomic mass is 32.2. The fourth-order valence-corrected chi connectivity index (χ4v) is 3.40. The van der Waals surface area contributed by atoms with E-state index in [0.717, 1.165) is 11.3 Å². The molecule has 3 rings (SSSR count). The largest absolute Gasteiger partial charge is 0.351 e. The van der Waals surface area contributed by atoms with E-state index in [0.29, 0.717) is 11.7 Å². The zero-order valence-corrected chi connectivity index (χ0v) is 15.4. The van der Waals surface area contributed by atoms with Crippen LogP contribution in [0.3, 0.4) is 0 Å². The molecule has 0 radical (unpaired) electrons. The lowest BCUT2D eigenvalue weighted by atomic mass is 10.1. The van der Waals surface area contributed by atoms with Gasteiger partial charge in [0.1, 0.15) is 0 Å². The third-order valence-corrected chi connectivity index (χ3v) is 5.21. The molecule has 2 heterocycles. The Hall–Kier alpha value is -2.74. The van der Waals surface area contributed by atoms with Crippen molar-refractivity contribution < 1.29 is 4.79 Å². The maximum Gasteiger partial charge on any atom is 0.234 e. The maximum absolute atomic E-state index is 12.7. The highest BCUT2D eigenvalue weighted by Gasteiger charge is 2.26. The first-order valence-electron chi connectivity index (χ1n) is 8.32. The molecule has 0 aliphatic carbocycles. The van der Waals surface area contributed by atoms with Gasteiger partial charge in [-0.3, -0.25) is 9.78 Å². The van der Waals surface area contributed by atoms with Crippen LogP contribution in [0.2, 0.25) is 0 Å². The van der Waals surface area contributed by atoms with Crippen molar-refractivity contribution >= 4 is 17.7 Å². The molecule has 134 valence electrons. The topological polar surface area (TPSA) is 85.6 Å². The van der Waals surface area contributed by atoms with Crippen molar-refractivity contribution in [3.63, 3.8) is 0 Å². The lowest BCUT2D eigenvalue weighted by Crippen LogP contribution is -2.35. The number of tetrazole rings is 1. The SMILES string of the molecule is CC(C)[C@H](Sc1nnnn1-c1ccccc1)C(=O)NCc1cccnc1. The minimum absolute atomic E-state index is 0.0449. The third kappa shape index (κ3) is 4.45. The summed E-state index contributed by atoms with van der Waals surface area (Å²) in [5, 5.41) is 15.2. The van der Waals surface area contributed by atoms with E-state index in [1.165, 1.54) is 11.8 Å². The standard InChI is InChI=1S/C18H20N6OS/c1-13(2)16(17(25)20-12-14-7-6-10-19-11-14)26-18-21-22-23-24(18)15-8-4-3-5-9-15/h3-11,13,16H,12H2,1-2H3,(H,20,25)/t16-/m0/s1. The van der Waals surface area contributed by atoms with Gasteiger partial charge in [-0.05, 0) is 40.1 Å². The Kier molecular flexibility index (Phi) is 5.96. The molecule has 1 amide bonds. The maximum atomic E-state index is 12.7. The summed E-state index contributed by atoms with van der Waals surface area (Å²) < 4.78 is 1.65. The predicted octanol–water partition coefficient (Wildman–Crippen LogP) is 2.49. The number of nitrogens with one attached hydrogen (secondary N) is 1. The minimum atomic E-state index is -0.305. The normalized spacial score (nSPS) is 12.1. The molecule has 1 atom stereocenters.